The zero-order valence-corrected chi connectivity index (χ0v) is 11.3. The maximum atomic E-state index is 11.7. The molecule has 3 aromatic carbocycles. The Kier molecular flexibility index (Phi) is 3.74. The van der Waals surface area contributed by atoms with Gasteiger partial charge in [0.1, 0.15) is 12.0 Å². The monoisotopic (exact) mass is 275 g/mol. The Morgan fingerprint density at radius 2 is 1.57 bits per heavy atom. The van der Waals surface area contributed by atoms with Crippen LogP contribution in [-0.2, 0) is 4.79 Å². The van der Waals surface area contributed by atoms with Gasteiger partial charge >= 0.3 is 5.97 Å². The molecule has 0 saturated carbocycles. The van der Waals surface area contributed by atoms with Crippen molar-refractivity contribution in [3.63, 3.8) is 0 Å². The van der Waals surface area contributed by atoms with E-state index in [0.717, 1.165) is 16.5 Å². The molecule has 0 spiro atoms. The van der Waals surface area contributed by atoms with E-state index in [1.54, 1.807) is 12.1 Å². The summed E-state index contributed by atoms with van der Waals surface area (Å²) in [5, 5.41) is 2.23. The lowest BCUT2D eigenvalue weighted by atomic mass is 10.1. The van der Waals surface area contributed by atoms with E-state index in [0.29, 0.717) is 5.75 Å². The van der Waals surface area contributed by atoms with Gasteiger partial charge in [-0.05, 0) is 35.0 Å². The fourth-order valence-electron chi connectivity index (χ4n) is 2.02. The summed E-state index contributed by atoms with van der Waals surface area (Å²) in [7, 11) is 0. The fraction of sp³-hybridized carbons (Fsp3) is 0. The Morgan fingerprint density at radius 1 is 0.857 bits per heavy atom. The van der Waals surface area contributed by atoms with Gasteiger partial charge < -0.3 is 4.74 Å². The Morgan fingerprint density at radius 3 is 2.38 bits per heavy atom. The number of rotatable bonds is 3. The van der Waals surface area contributed by atoms with Crippen molar-refractivity contribution in [2.75, 3.05) is 0 Å². The van der Waals surface area contributed by atoms with Crippen molar-refractivity contribution in [3.8, 4) is 5.75 Å². The first kappa shape index (κ1) is 13.1. The summed E-state index contributed by atoms with van der Waals surface area (Å²) in [6.45, 7) is 0. The van der Waals surface area contributed by atoms with E-state index in [2.05, 4.69) is 4.99 Å². The summed E-state index contributed by atoms with van der Waals surface area (Å²) >= 11 is 0. The molecule has 0 atom stereocenters. The predicted octanol–water partition coefficient (Wildman–Crippen LogP) is 4.15. The molecule has 0 aliphatic rings. The lowest BCUT2D eigenvalue weighted by Gasteiger charge is -2.00. The molecule has 0 amide bonds. The number of carbonyl (C=O) groups is 1. The summed E-state index contributed by atoms with van der Waals surface area (Å²) < 4.78 is 5.14. The first-order chi connectivity index (χ1) is 10.3. The molecule has 3 aromatic rings. The van der Waals surface area contributed by atoms with E-state index in [1.165, 1.54) is 6.21 Å². The van der Waals surface area contributed by atoms with Gasteiger partial charge in [0, 0.05) is 0 Å². The molecule has 0 saturated heterocycles. The molecule has 0 bridgehead atoms. The van der Waals surface area contributed by atoms with Crippen molar-refractivity contribution in [1.82, 2.24) is 0 Å². The van der Waals surface area contributed by atoms with Gasteiger partial charge in [-0.1, -0.05) is 48.5 Å². The van der Waals surface area contributed by atoms with Crippen molar-refractivity contribution >= 4 is 28.6 Å². The van der Waals surface area contributed by atoms with Crippen LogP contribution in [0.1, 0.15) is 0 Å². The maximum Gasteiger partial charge on any atom is 0.354 e. The molecule has 0 aliphatic carbocycles. The van der Waals surface area contributed by atoms with Crippen LogP contribution in [0.25, 0.3) is 10.8 Å². The number of esters is 1. The van der Waals surface area contributed by atoms with Gasteiger partial charge in [-0.3, -0.25) is 0 Å². The lowest BCUT2D eigenvalue weighted by Crippen LogP contribution is -2.08. The number of hydrogen-bond acceptors (Lipinski definition) is 3. The highest BCUT2D eigenvalue weighted by atomic mass is 16.5. The van der Waals surface area contributed by atoms with Gasteiger partial charge in [0.2, 0.25) is 0 Å². The molecular weight excluding hydrogens is 262 g/mol. The Hall–Kier alpha value is -2.94. The minimum atomic E-state index is -0.491. The Bertz CT molecular complexity index is 794. The Labute approximate surface area is 122 Å². The van der Waals surface area contributed by atoms with Crippen molar-refractivity contribution in [1.29, 1.82) is 0 Å². The largest absolute Gasteiger partial charge is 0.422 e. The molecule has 3 heteroatoms. The average molecular weight is 275 g/mol. The number of nitrogens with zero attached hydrogens (tertiary/aromatic N) is 1. The number of aliphatic imine (C=N–C) groups is 1. The van der Waals surface area contributed by atoms with E-state index in [9.17, 15) is 4.79 Å². The second-order valence-corrected chi connectivity index (χ2v) is 4.52. The topological polar surface area (TPSA) is 38.7 Å². The van der Waals surface area contributed by atoms with Crippen LogP contribution in [0.4, 0.5) is 5.69 Å². The lowest BCUT2D eigenvalue weighted by molar-refractivity contribution is -0.126. The van der Waals surface area contributed by atoms with Crippen molar-refractivity contribution in [3.05, 3.63) is 72.8 Å². The predicted molar refractivity (Wildman–Crippen MR) is 84.2 cm³/mol. The molecule has 0 radical (unpaired) electrons. The third-order valence-electron chi connectivity index (χ3n) is 3.01. The van der Waals surface area contributed by atoms with Crippen molar-refractivity contribution < 1.29 is 9.53 Å². The van der Waals surface area contributed by atoms with Crippen LogP contribution in [0.2, 0.25) is 0 Å². The first-order valence-corrected chi connectivity index (χ1v) is 6.61. The zero-order chi connectivity index (χ0) is 14.5. The number of benzene rings is 3. The highest BCUT2D eigenvalue weighted by Gasteiger charge is 2.00. The standard InChI is InChI=1S/C18H13NO2/c20-18(21-17-8-2-1-3-9-17)13-19-16-11-10-14-6-4-5-7-15(14)12-16/h1-13H. The van der Waals surface area contributed by atoms with E-state index in [-0.39, 0.29) is 0 Å². The van der Waals surface area contributed by atoms with Crippen LogP contribution in [0.5, 0.6) is 5.75 Å². The zero-order valence-electron chi connectivity index (χ0n) is 11.3. The number of hydrogen-bond donors (Lipinski definition) is 0. The van der Waals surface area contributed by atoms with Gasteiger partial charge in [-0.2, -0.15) is 0 Å². The highest BCUT2D eigenvalue weighted by Crippen LogP contribution is 2.20. The molecule has 21 heavy (non-hydrogen) atoms. The molecule has 0 aromatic heterocycles. The van der Waals surface area contributed by atoms with E-state index in [1.807, 2.05) is 60.7 Å². The molecule has 0 N–H and O–H groups in total. The fourth-order valence-corrected chi connectivity index (χ4v) is 2.02. The minimum absolute atomic E-state index is 0.491. The molecular formula is C18H13NO2. The molecule has 0 heterocycles. The second-order valence-electron chi connectivity index (χ2n) is 4.52. The molecule has 0 fully saturated rings. The van der Waals surface area contributed by atoms with Gasteiger partial charge in [-0.25, -0.2) is 9.79 Å². The summed E-state index contributed by atoms with van der Waals surface area (Å²) in [6.07, 6.45) is 1.19. The Balaban J connectivity index is 1.73. The maximum absolute atomic E-state index is 11.7. The average Bonchev–Trinajstić information content (AvgIpc) is 2.54. The van der Waals surface area contributed by atoms with Gasteiger partial charge in [0.15, 0.2) is 0 Å². The van der Waals surface area contributed by atoms with Crippen LogP contribution in [0.3, 0.4) is 0 Å². The molecule has 3 rings (SSSR count). The van der Waals surface area contributed by atoms with E-state index < -0.39 is 5.97 Å². The van der Waals surface area contributed by atoms with Crippen LogP contribution >= 0.6 is 0 Å². The number of para-hydroxylation sites is 1. The molecule has 102 valence electrons. The van der Waals surface area contributed by atoms with Crippen molar-refractivity contribution in [2.45, 2.75) is 0 Å². The quantitative estimate of drug-likeness (QED) is 0.409. The second kappa shape index (κ2) is 6.01. The third-order valence-corrected chi connectivity index (χ3v) is 3.01. The van der Waals surface area contributed by atoms with Crippen LogP contribution < -0.4 is 4.74 Å². The van der Waals surface area contributed by atoms with Gasteiger partial charge in [-0.15, -0.1) is 0 Å². The summed E-state index contributed by atoms with van der Waals surface area (Å²) in [5.74, 6) is 0.0156. The number of carbonyl (C=O) groups excluding carboxylic acids is 1. The van der Waals surface area contributed by atoms with E-state index in [4.69, 9.17) is 4.74 Å². The summed E-state index contributed by atoms with van der Waals surface area (Å²) in [6, 6.07) is 22.7. The number of ether oxygens (including phenoxy) is 1. The first-order valence-electron chi connectivity index (χ1n) is 6.61. The van der Waals surface area contributed by atoms with Crippen LogP contribution in [-0.4, -0.2) is 12.2 Å². The normalized spacial score (nSPS) is 10.9. The molecule has 3 nitrogen and oxygen atoms in total. The summed E-state index contributed by atoms with van der Waals surface area (Å²) in [4.78, 5) is 15.8. The van der Waals surface area contributed by atoms with E-state index >= 15 is 0 Å². The van der Waals surface area contributed by atoms with Gasteiger partial charge in [0.25, 0.3) is 0 Å². The highest BCUT2D eigenvalue weighted by molar-refractivity contribution is 6.24. The SMILES string of the molecule is O=C(C=Nc1ccc2ccccc2c1)Oc1ccccc1. The van der Waals surface area contributed by atoms with Crippen LogP contribution in [0.15, 0.2) is 77.8 Å². The number of fused-ring (bicyclic) bond motifs is 1. The molecule has 0 unspecified atom stereocenters. The van der Waals surface area contributed by atoms with Gasteiger partial charge in [0.05, 0.1) is 5.69 Å². The minimum Gasteiger partial charge on any atom is -0.422 e. The smallest absolute Gasteiger partial charge is 0.354 e. The summed E-state index contributed by atoms with van der Waals surface area (Å²) in [5.41, 5.74) is 0.721. The molecule has 0 aliphatic heterocycles. The third kappa shape index (κ3) is 3.34. The van der Waals surface area contributed by atoms with Crippen molar-refractivity contribution in [2.24, 2.45) is 4.99 Å². The van der Waals surface area contributed by atoms with Crippen LogP contribution in [0, 0.1) is 0 Å².